The molecule has 0 bridgehead atoms. The van der Waals surface area contributed by atoms with Crippen LogP contribution in [0, 0.1) is 0 Å². The first-order chi connectivity index (χ1) is 13.2. The average molecular weight is 380 g/mol. The highest BCUT2D eigenvalue weighted by Gasteiger charge is 2.16. The maximum Gasteiger partial charge on any atom is 0.305 e. The number of carboxylic acid groups (broad SMARTS) is 1. The Morgan fingerprint density at radius 1 is 1.18 bits per heavy atom. The number of carbonyl (C=O) groups is 2. The Bertz CT molecular complexity index is 1030. The van der Waals surface area contributed by atoms with Crippen LogP contribution in [-0.4, -0.2) is 33.1 Å². The van der Waals surface area contributed by atoms with Crippen molar-refractivity contribution >= 4 is 22.9 Å². The minimum Gasteiger partial charge on any atom is -0.481 e. The molecule has 1 amide bonds. The molecule has 0 spiro atoms. The van der Waals surface area contributed by atoms with Gasteiger partial charge in [0.2, 0.25) is 0 Å². The number of hydrogen-bond donors (Lipinski definition) is 3. The van der Waals surface area contributed by atoms with Crippen molar-refractivity contribution in [1.82, 2.24) is 14.9 Å². The third-order valence-corrected chi connectivity index (χ3v) is 4.65. The van der Waals surface area contributed by atoms with E-state index in [4.69, 9.17) is 10.8 Å². The summed E-state index contributed by atoms with van der Waals surface area (Å²) in [5.41, 5.74) is 9.78. The van der Waals surface area contributed by atoms with Crippen molar-refractivity contribution in [2.24, 2.45) is 12.8 Å². The molecule has 1 aromatic heterocycles. The Labute approximate surface area is 163 Å². The van der Waals surface area contributed by atoms with E-state index in [9.17, 15) is 9.59 Å². The molecule has 0 aliphatic heterocycles. The van der Waals surface area contributed by atoms with Crippen LogP contribution < -0.4 is 11.1 Å². The number of nitrogens with one attached hydrogen (secondary N) is 1. The summed E-state index contributed by atoms with van der Waals surface area (Å²) in [5, 5.41) is 11.3. The Kier molecular flexibility index (Phi) is 5.20. The maximum atomic E-state index is 12.2. The zero-order valence-corrected chi connectivity index (χ0v) is 16.2. The fourth-order valence-electron chi connectivity index (χ4n) is 3.03. The van der Waals surface area contributed by atoms with E-state index < -0.39 is 11.5 Å². The van der Waals surface area contributed by atoms with Gasteiger partial charge in [0.05, 0.1) is 17.5 Å². The summed E-state index contributed by atoms with van der Waals surface area (Å²) in [7, 11) is 1.93. The zero-order valence-electron chi connectivity index (χ0n) is 16.2. The van der Waals surface area contributed by atoms with Gasteiger partial charge in [0.25, 0.3) is 5.91 Å². The van der Waals surface area contributed by atoms with E-state index in [0.29, 0.717) is 11.1 Å². The molecule has 7 nitrogen and oxygen atoms in total. The van der Waals surface area contributed by atoms with Gasteiger partial charge in [-0.3, -0.25) is 9.59 Å². The largest absolute Gasteiger partial charge is 0.481 e. The van der Waals surface area contributed by atoms with E-state index in [1.54, 1.807) is 12.1 Å². The Morgan fingerprint density at radius 2 is 1.86 bits per heavy atom. The third-order valence-electron chi connectivity index (χ3n) is 4.65. The monoisotopic (exact) mass is 380 g/mol. The highest BCUT2D eigenvalue weighted by atomic mass is 16.4. The van der Waals surface area contributed by atoms with Gasteiger partial charge in [-0.15, -0.1) is 0 Å². The summed E-state index contributed by atoms with van der Waals surface area (Å²) in [6.45, 7) is 4.00. The number of aliphatic carboxylic acids is 1. The van der Waals surface area contributed by atoms with Gasteiger partial charge in [0.15, 0.2) is 0 Å². The van der Waals surface area contributed by atoms with Crippen LogP contribution in [0.2, 0.25) is 0 Å². The topological polar surface area (TPSA) is 110 Å². The van der Waals surface area contributed by atoms with Crippen molar-refractivity contribution < 1.29 is 14.7 Å². The van der Waals surface area contributed by atoms with Crippen molar-refractivity contribution in [3.05, 3.63) is 53.6 Å². The van der Waals surface area contributed by atoms with Crippen molar-refractivity contribution in [3.63, 3.8) is 0 Å². The second-order valence-electron chi connectivity index (χ2n) is 7.40. The standard InChI is InChI=1S/C21H24N4O3/c1-21(2,22)15-7-4-13(5-8-15)19-24-16-12-14(6-9-17(16)25(19)3)20(28)23-11-10-18(26)27/h4-9,12H,10-11,22H2,1-3H3,(H,23,28)(H,26,27). The molecule has 0 saturated heterocycles. The molecule has 3 aromatic rings. The highest BCUT2D eigenvalue weighted by molar-refractivity contribution is 5.98. The predicted molar refractivity (Wildman–Crippen MR) is 108 cm³/mol. The van der Waals surface area contributed by atoms with E-state index in [1.807, 2.05) is 55.8 Å². The van der Waals surface area contributed by atoms with Crippen molar-refractivity contribution in [3.8, 4) is 11.4 Å². The lowest BCUT2D eigenvalue weighted by atomic mass is 9.95. The number of fused-ring (bicyclic) bond motifs is 1. The molecule has 0 saturated carbocycles. The van der Waals surface area contributed by atoms with Gasteiger partial charge in [0.1, 0.15) is 5.82 Å². The molecule has 3 rings (SSSR count). The number of imidazole rings is 1. The van der Waals surface area contributed by atoms with Gasteiger partial charge < -0.3 is 20.7 Å². The van der Waals surface area contributed by atoms with Crippen LogP contribution in [0.15, 0.2) is 42.5 Å². The molecule has 0 atom stereocenters. The lowest BCUT2D eigenvalue weighted by molar-refractivity contribution is -0.136. The predicted octanol–water partition coefficient (Wildman–Crippen LogP) is 2.64. The number of nitrogens with zero attached hydrogens (tertiary/aromatic N) is 2. The van der Waals surface area contributed by atoms with E-state index in [2.05, 4.69) is 10.3 Å². The van der Waals surface area contributed by atoms with Crippen LogP contribution in [0.5, 0.6) is 0 Å². The summed E-state index contributed by atoms with van der Waals surface area (Å²) in [4.78, 5) is 27.5. The average Bonchev–Trinajstić information content (AvgIpc) is 2.97. The molecule has 4 N–H and O–H groups in total. The normalized spacial score (nSPS) is 11.6. The number of hydrogen-bond acceptors (Lipinski definition) is 4. The van der Waals surface area contributed by atoms with E-state index in [1.165, 1.54) is 0 Å². The number of rotatable bonds is 6. The summed E-state index contributed by atoms with van der Waals surface area (Å²) in [5.74, 6) is -0.473. The quantitative estimate of drug-likeness (QED) is 0.609. The minimum absolute atomic E-state index is 0.0868. The van der Waals surface area contributed by atoms with Gasteiger partial charge in [-0.05, 0) is 37.6 Å². The summed E-state index contributed by atoms with van der Waals surface area (Å²) in [6.07, 6.45) is -0.114. The molecule has 7 heteroatoms. The van der Waals surface area contributed by atoms with E-state index in [0.717, 1.165) is 22.5 Å². The van der Waals surface area contributed by atoms with Gasteiger partial charge in [-0.2, -0.15) is 0 Å². The minimum atomic E-state index is -0.950. The van der Waals surface area contributed by atoms with Gasteiger partial charge in [-0.25, -0.2) is 4.98 Å². The SMILES string of the molecule is Cn1c(-c2ccc(C(C)(C)N)cc2)nc2cc(C(=O)NCCC(=O)O)ccc21. The van der Waals surface area contributed by atoms with Crippen LogP contribution in [0.3, 0.4) is 0 Å². The first-order valence-corrected chi connectivity index (χ1v) is 9.03. The molecule has 0 radical (unpaired) electrons. The first-order valence-electron chi connectivity index (χ1n) is 9.03. The van der Waals surface area contributed by atoms with Crippen LogP contribution >= 0.6 is 0 Å². The van der Waals surface area contributed by atoms with Crippen molar-refractivity contribution in [1.29, 1.82) is 0 Å². The van der Waals surface area contributed by atoms with Crippen LogP contribution in [-0.2, 0) is 17.4 Å². The molecule has 0 aliphatic carbocycles. The second-order valence-corrected chi connectivity index (χ2v) is 7.40. The second kappa shape index (κ2) is 7.44. The van der Waals surface area contributed by atoms with Gasteiger partial charge >= 0.3 is 5.97 Å². The molecular weight excluding hydrogens is 356 g/mol. The number of aryl methyl sites for hydroxylation is 1. The van der Waals surface area contributed by atoms with Gasteiger partial charge in [0, 0.05) is 30.3 Å². The molecule has 0 aliphatic rings. The number of benzene rings is 2. The summed E-state index contributed by atoms with van der Waals surface area (Å²) < 4.78 is 1.98. The molecule has 0 fully saturated rings. The lowest BCUT2D eigenvalue weighted by Crippen LogP contribution is -2.28. The lowest BCUT2D eigenvalue weighted by Gasteiger charge is -2.19. The summed E-state index contributed by atoms with van der Waals surface area (Å²) in [6, 6.07) is 13.2. The zero-order chi connectivity index (χ0) is 20.5. The van der Waals surface area contributed by atoms with Crippen LogP contribution in [0.4, 0.5) is 0 Å². The first kappa shape index (κ1) is 19.6. The molecule has 1 heterocycles. The molecule has 0 unspecified atom stereocenters. The number of nitrogens with two attached hydrogens (primary N) is 1. The number of carbonyl (C=O) groups excluding carboxylic acids is 1. The Balaban J connectivity index is 1.88. The van der Waals surface area contributed by atoms with E-state index in [-0.39, 0.29) is 18.9 Å². The molecular formula is C21H24N4O3. The Morgan fingerprint density at radius 3 is 2.46 bits per heavy atom. The summed E-state index contributed by atoms with van der Waals surface area (Å²) >= 11 is 0. The van der Waals surface area contributed by atoms with Crippen molar-refractivity contribution in [2.45, 2.75) is 25.8 Å². The smallest absolute Gasteiger partial charge is 0.305 e. The fourth-order valence-corrected chi connectivity index (χ4v) is 3.03. The molecule has 2 aromatic carbocycles. The van der Waals surface area contributed by atoms with Crippen molar-refractivity contribution in [2.75, 3.05) is 6.54 Å². The number of carboxylic acids is 1. The van der Waals surface area contributed by atoms with Gasteiger partial charge in [-0.1, -0.05) is 24.3 Å². The number of aromatic nitrogens is 2. The highest BCUT2D eigenvalue weighted by Crippen LogP contribution is 2.26. The van der Waals surface area contributed by atoms with Crippen LogP contribution in [0.25, 0.3) is 22.4 Å². The maximum absolute atomic E-state index is 12.2. The van der Waals surface area contributed by atoms with Crippen LogP contribution in [0.1, 0.15) is 36.2 Å². The molecule has 28 heavy (non-hydrogen) atoms. The molecule has 146 valence electrons. The fraction of sp³-hybridized carbons (Fsp3) is 0.286. The number of amides is 1. The van der Waals surface area contributed by atoms with E-state index >= 15 is 0 Å². The Hall–Kier alpha value is -3.19. The third kappa shape index (κ3) is 4.04.